The smallest absolute Gasteiger partial charge is 0.320 e. The molecule has 0 radical (unpaired) electrons. The zero-order valence-electron chi connectivity index (χ0n) is 10.7. The lowest BCUT2D eigenvalue weighted by atomic mass is 9.98. The Bertz CT molecular complexity index is 507. The lowest BCUT2D eigenvalue weighted by molar-refractivity contribution is 0.245. The van der Waals surface area contributed by atoms with Gasteiger partial charge >= 0.3 is 6.03 Å². The fraction of sp³-hybridized carbons (Fsp3) is 0.333. The highest BCUT2D eigenvalue weighted by molar-refractivity contribution is 5.96. The fourth-order valence-electron chi connectivity index (χ4n) is 1.34. The van der Waals surface area contributed by atoms with E-state index in [1.165, 1.54) is 0 Å². The van der Waals surface area contributed by atoms with E-state index >= 15 is 0 Å². The molecule has 0 aliphatic heterocycles. The van der Waals surface area contributed by atoms with E-state index < -0.39 is 23.2 Å². The molecule has 1 aromatic carbocycles. The number of rotatable bonds is 4. The Kier molecular flexibility index (Phi) is 4.42. The molecule has 1 atom stereocenters. The molecule has 0 aliphatic carbocycles. The van der Waals surface area contributed by atoms with E-state index in [1.54, 1.807) is 13.8 Å². The number of nitrogens with one attached hydrogen (secondary N) is 3. The summed E-state index contributed by atoms with van der Waals surface area (Å²) in [4.78, 5) is 11.7. The molecule has 1 rings (SSSR count). The summed E-state index contributed by atoms with van der Waals surface area (Å²) < 4.78 is 26.0. The van der Waals surface area contributed by atoms with Crippen molar-refractivity contribution in [1.29, 1.82) is 5.41 Å². The van der Waals surface area contributed by atoms with Crippen molar-refractivity contribution >= 4 is 17.6 Å². The first-order valence-electron chi connectivity index (χ1n) is 5.67. The third kappa shape index (κ3) is 3.64. The van der Waals surface area contributed by atoms with Crippen molar-refractivity contribution < 1.29 is 13.6 Å². The molecule has 0 aliphatic rings. The van der Waals surface area contributed by atoms with E-state index in [0.29, 0.717) is 12.5 Å². The molecule has 0 heterocycles. The van der Waals surface area contributed by atoms with Gasteiger partial charge in [0.1, 0.15) is 17.5 Å². The summed E-state index contributed by atoms with van der Waals surface area (Å²) in [7, 11) is 0. The number of urea groups is 1. The van der Waals surface area contributed by atoms with Gasteiger partial charge in [-0.25, -0.2) is 13.6 Å². The molecule has 0 spiro atoms. The molecule has 2 amide bonds. The van der Waals surface area contributed by atoms with Gasteiger partial charge in [-0.2, -0.15) is 0 Å². The van der Waals surface area contributed by atoms with Gasteiger partial charge in [0.25, 0.3) is 0 Å². The SMILES string of the molecule is CCC(C)(NC(=O)Nc1ccc(F)cc1F)C(=N)N. The highest BCUT2D eigenvalue weighted by Gasteiger charge is 2.28. The van der Waals surface area contributed by atoms with Crippen molar-refractivity contribution in [3.63, 3.8) is 0 Å². The molecule has 1 aromatic rings. The van der Waals surface area contributed by atoms with Gasteiger partial charge in [0.05, 0.1) is 11.2 Å². The number of nitrogens with two attached hydrogens (primary N) is 1. The summed E-state index contributed by atoms with van der Waals surface area (Å²) in [5, 5.41) is 12.1. The predicted octanol–water partition coefficient (Wildman–Crippen LogP) is 2.19. The molecular formula is C12H16F2N4O. The van der Waals surface area contributed by atoms with E-state index in [9.17, 15) is 13.6 Å². The van der Waals surface area contributed by atoms with Gasteiger partial charge in [0, 0.05) is 6.07 Å². The van der Waals surface area contributed by atoms with Gasteiger partial charge in [0.2, 0.25) is 0 Å². The van der Waals surface area contributed by atoms with Crippen LogP contribution in [-0.4, -0.2) is 17.4 Å². The first-order chi connectivity index (χ1) is 8.78. The zero-order valence-corrected chi connectivity index (χ0v) is 10.7. The molecule has 0 aromatic heterocycles. The second-order valence-electron chi connectivity index (χ2n) is 4.30. The van der Waals surface area contributed by atoms with Gasteiger partial charge in [-0.15, -0.1) is 0 Å². The quantitative estimate of drug-likeness (QED) is 0.499. The zero-order chi connectivity index (χ0) is 14.6. The van der Waals surface area contributed by atoms with Gasteiger partial charge in [-0.1, -0.05) is 6.92 Å². The van der Waals surface area contributed by atoms with Crippen LogP contribution in [0.25, 0.3) is 0 Å². The minimum atomic E-state index is -1.01. The van der Waals surface area contributed by atoms with Gasteiger partial charge in [0.15, 0.2) is 0 Å². The van der Waals surface area contributed by atoms with Crippen LogP contribution in [-0.2, 0) is 0 Å². The van der Waals surface area contributed by atoms with E-state index in [0.717, 1.165) is 12.1 Å². The monoisotopic (exact) mass is 270 g/mol. The third-order valence-corrected chi connectivity index (χ3v) is 2.87. The molecule has 7 heteroatoms. The summed E-state index contributed by atoms with van der Waals surface area (Å²) in [5.41, 5.74) is 4.22. The van der Waals surface area contributed by atoms with Crippen molar-refractivity contribution in [2.45, 2.75) is 25.8 Å². The first kappa shape index (κ1) is 14.9. The molecule has 0 saturated carbocycles. The average molecular weight is 270 g/mol. The Labute approximate surface area is 109 Å². The van der Waals surface area contributed by atoms with Crippen LogP contribution in [0, 0.1) is 17.0 Å². The number of carbonyl (C=O) groups excluding carboxylic acids is 1. The minimum absolute atomic E-state index is 0.152. The van der Waals surface area contributed by atoms with E-state index in [1.807, 2.05) is 0 Å². The van der Waals surface area contributed by atoms with E-state index in [4.69, 9.17) is 11.1 Å². The van der Waals surface area contributed by atoms with Crippen molar-refractivity contribution in [3.05, 3.63) is 29.8 Å². The van der Waals surface area contributed by atoms with Crippen LogP contribution in [0.1, 0.15) is 20.3 Å². The second-order valence-corrected chi connectivity index (χ2v) is 4.30. The van der Waals surface area contributed by atoms with Crippen molar-refractivity contribution in [2.24, 2.45) is 5.73 Å². The highest BCUT2D eigenvalue weighted by atomic mass is 19.1. The summed E-state index contributed by atoms with van der Waals surface area (Å²) in [6, 6.07) is 2.09. The summed E-state index contributed by atoms with van der Waals surface area (Å²) in [6.07, 6.45) is 0.404. The molecule has 0 saturated heterocycles. The van der Waals surface area contributed by atoms with E-state index in [-0.39, 0.29) is 11.5 Å². The lowest BCUT2D eigenvalue weighted by Crippen LogP contribution is -2.55. The summed E-state index contributed by atoms with van der Waals surface area (Å²) in [5.74, 6) is -1.81. The normalized spacial score (nSPS) is 13.5. The second kappa shape index (κ2) is 5.64. The van der Waals surface area contributed by atoms with E-state index in [2.05, 4.69) is 10.6 Å². The van der Waals surface area contributed by atoms with Crippen molar-refractivity contribution in [3.8, 4) is 0 Å². The van der Waals surface area contributed by atoms with Crippen LogP contribution < -0.4 is 16.4 Å². The molecular weight excluding hydrogens is 254 g/mol. The molecule has 104 valence electrons. The maximum absolute atomic E-state index is 13.3. The van der Waals surface area contributed by atoms with Crippen LogP contribution >= 0.6 is 0 Å². The summed E-state index contributed by atoms with van der Waals surface area (Å²) in [6.45, 7) is 3.33. The maximum Gasteiger partial charge on any atom is 0.320 e. The molecule has 5 N–H and O–H groups in total. The number of hydrogen-bond acceptors (Lipinski definition) is 2. The van der Waals surface area contributed by atoms with Crippen LogP contribution in [0.3, 0.4) is 0 Å². The van der Waals surface area contributed by atoms with Crippen molar-refractivity contribution in [1.82, 2.24) is 5.32 Å². The lowest BCUT2D eigenvalue weighted by Gasteiger charge is -2.28. The molecule has 5 nitrogen and oxygen atoms in total. The van der Waals surface area contributed by atoms with Gasteiger partial charge < -0.3 is 16.4 Å². The fourth-order valence-corrected chi connectivity index (χ4v) is 1.34. The Balaban J connectivity index is 2.78. The number of amidine groups is 1. The molecule has 0 fully saturated rings. The van der Waals surface area contributed by atoms with Crippen LogP contribution in [0.15, 0.2) is 18.2 Å². The predicted molar refractivity (Wildman–Crippen MR) is 69.1 cm³/mol. The Hall–Kier alpha value is -2.18. The molecule has 1 unspecified atom stereocenters. The highest BCUT2D eigenvalue weighted by Crippen LogP contribution is 2.15. The standard InChI is InChI=1S/C12H16F2N4O/c1-3-12(2,10(15)16)18-11(19)17-9-5-4-7(13)6-8(9)14/h4-6H,3H2,1-2H3,(H3,15,16)(H2,17,18,19). The molecule has 0 bridgehead atoms. The minimum Gasteiger partial charge on any atom is -0.386 e. The first-order valence-corrected chi connectivity index (χ1v) is 5.67. The van der Waals surface area contributed by atoms with Gasteiger partial charge in [-0.3, -0.25) is 5.41 Å². The Morgan fingerprint density at radius 3 is 2.58 bits per heavy atom. The van der Waals surface area contributed by atoms with Crippen LogP contribution in [0.5, 0.6) is 0 Å². The number of benzene rings is 1. The topological polar surface area (TPSA) is 91.0 Å². The third-order valence-electron chi connectivity index (χ3n) is 2.87. The van der Waals surface area contributed by atoms with Crippen molar-refractivity contribution in [2.75, 3.05) is 5.32 Å². The van der Waals surface area contributed by atoms with Crippen LogP contribution in [0.2, 0.25) is 0 Å². The number of hydrogen-bond donors (Lipinski definition) is 4. The average Bonchev–Trinajstić information content (AvgIpc) is 2.32. The molecule has 19 heavy (non-hydrogen) atoms. The number of anilines is 1. The number of amides is 2. The Morgan fingerprint density at radius 1 is 1.47 bits per heavy atom. The number of halogens is 2. The Morgan fingerprint density at radius 2 is 2.11 bits per heavy atom. The maximum atomic E-state index is 13.3. The van der Waals surface area contributed by atoms with Crippen LogP contribution in [0.4, 0.5) is 19.3 Å². The summed E-state index contributed by atoms with van der Waals surface area (Å²) >= 11 is 0. The van der Waals surface area contributed by atoms with Gasteiger partial charge in [-0.05, 0) is 25.5 Å². The number of carbonyl (C=O) groups is 1. The largest absolute Gasteiger partial charge is 0.386 e.